The largest absolute Gasteiger partial charge is 0.358 e. The van der Waals surface area contributed by atoms with Crippen molar-refractivity contribution in [2.24, 2.45) is 0 Å². The molecule has 0 atom stereocenters. The van der Waals surface area contributed by atoms with Gasteiger partial charge in [0.25, 0.3) is 0 Å². The maximum absolute atomic E-state index is 10.1. The fourth-order valence-electron chi connectivity index (χ4n) is 1.31. The van der Waals surface area contributed by atoms with Crippen LogP contribution in [-0.2, 0) is 4.79 Å². The quantitative estimate of drug-likeness (QED) is 0.468. The van der Waals surface area contributed by atoms with Crippen LogP contribution in [0, 0.1) is 0 Å². The third kappa shape index (κ3) is 2.30. The first-order valence-corrected chi connectivity index (χ1v) is 5.62. The van der Waals surface area contributed by atoms with Crippen molar-refractivity contribution in [3.8, 4) is 0 Å². The van der Waals surface area contributed by atoms with Gasteiger partial charge in [-0.3, -0.25) is 9.20 Å². The molecule has 0 saturated carbocycles. The Hall–Kier alpha value is -1.49. The van der Waals surface area contributed by atoms with Gasteiger partial charge in [-0.05, 0) is 12.1 Å². The van der Waals surface area contributed by atoms with Crippen molar-refractivity contribution in [2.75, 3.05) is 12.3 Å². The van der Waals surface area contributed by atoms with E-state index in [0.717, 1.165) is 22.8 Å². The van der Waals surface area contributed by atoms with E-state index >= 15 is 0 Å². The summed E-state index contributed by atoms with van der Waals surface area (Å²) >= 11 is 1.70. The van der Waals surface area contributed by atoms with Crippen molar-refractivity contribution in [1.82, 2.24) is 14.7 Å². The molecule has 2 aromatic heterocycles. The molecule has 0 unspecified atom stereocenters. The van der Waals surface area contributed by atoms with E-state index < -0.39 is 0 Å². The van der Waals surface area contributed by atoms with Crippen LogP contribution in [0.5, 0.6) is 0 Å². The summed E-state index contributed by atoms with van der Waals surface area (Å²) in [4.78, 5) is 14.3. The molecule has 1 amide bonds. The molecule has 0 spiro atoms. The zero-order chi connectivity index (χ0) is 10.5. The molecule has 0 saturated heterocycles. The zero-order valence-electron chi connectivity index (χ0n) is 8.09. The number of fused-ring (bicyclic) bond motifs is 1. The van der Waals surface area contributed by atoms with Crippen LogP contribution in [0.4, 0.5) is 0 Å². The van der Waals surface area contributed by atoms with Crippen LogP contribution >= 0.6 is 11.8 Å². The Labute approximate surface area is 91.7 Å². The van der Waals surface area contributed by atoms with Crippen molar-refractivity contribution in [3.63, 3.8) is 0 Å². The topological polar surface area (TPSA) is 46.4 Å². The van der Waals surface area contributed by atoms with Gasteiger partial charge < -0.3 is 5.32 Å². The average molecular weight is 221 g/mol. The van der Waals surface area contributed by atoms with Gasteiger partial charge in [0.2, 0.25) is 6.41 Å². The number of hydrogen-bond donors (Lipinski definition) is 1. The van der Waals surface area contributed by atoms with Gasteiger partial charge in [0.05, 0.1) is 5.03 Å². The van der Waals surface area contributed by atoms with Crippen LogP contribution in [0.25, 0.3) is 5.65 Å². The number of imidazole rings is 1. The predicted molar refractivity (Wildman–Crippen MR) is 60.0 cm³/mol. The first-order chi connectivity index (χ1) is 7.42. The van der Waals surface area contributed by atoms with E-state index in [1.807, 2.05) is 28.8 Å². The summed E-state index contributed by atoms with van der Waals surface area (Å²) < 4.78 is 2.03. The highest BCUT2D eigenvalue weighted by atomic mass is 32.2. The summed E-state index contributed by atoms with van der Waals surface area (Å²) in [6.07, 6.45) is 4.44. The number of carbonyl (C=O) groups excluding carboxylic acids is 1. The number of pyridine rings is 1. The summed E-state index contributed by atoms with van der Waals surface area (Å²) in [7, 11) is 0. The molecule has 0 aliphatic rings. The molecule has 0 bridgehead atoms. The van der Waals surface area contributed by atoms with E-state index in [4.69, 9.17) is 0 Å². The van der Waals surface area contributed by atoms with Crippen molar-refractivity contribution < 1.29 is 4.79 Å². The van der Waals surface area contributed by atoms with Gasteiger partial charge in [0.15, 0.2) is 0 Å². The van der Waals surface area contributed by atoms with Gasteiger partial charge >= 0.3 is 0 Å². The smallest absolute Gasteiger partial charge is 0.207 e. The van der Waals surface area contributed by atoms with Gasteiger partial charge in [-0.2, -0.15) is 0 Å². The van der Waals surface area contributed by atoms with Crippen LogP contribution < -0.4 is 5.32 Å². The van der Waals surface area contributed by atoms with E-state index in [1.54, 1.807) is 18.0 Å². The Bertz CT molecular complexity index is 455. The van der Waals surface area contributed by atoms with E-state index in [-0.39, 0.29) is 0 Å². The van der Waals surface area contributed by atoms with Crippen LogP contribution in [0.3, 0.4) is 0 Å². The minimum atomic E-state index is 0.680. The van der Waals surface area contributed by atoms with Crippen molar-refractivity contribution >= 4 is 23.8 Å². The molecule has 0 aromatic carbocycles. The molecule has 0 aliphatic carbocycles. The fourth-order valence-corrected chi connectivity index (χ4v) is 2.21. The molecule has 0 radical (unpaired) electrons. The van der Waals surface area contributed by atoms with E-state index in [0.29, 0.717) is 6.54 Å². The van der Waals surface area contributed by atoms with Gasteiger partial charge in [0, 0.05) is 24.7 Å². The Morgan fingerprint density at radius 1 is 1.53 bits per heavy atom. The first-order valence-electron chi connectivity index (χ1n) is 4.64. The summed E-state index contributed by atoms with van der Waals surface area (Å²) in [5.41, 5.74) is 0.948. The first kappa shape index (κ1) is 10.0. The standard InChI is InChI=1S/C10H11N3OS/c14-8-11-5-7-15-10-3-1-2-9-12-4-6-13(9)10/h1-4,6,8H,5,7H2,(H,11,14). The lowest BCUT2D eigenvalue weighted by atomic mass is 10.5. The molecule has 15 heavy (non-hydrogen) atoms. The lowest BCUT2D eigenvalue weighted by Crippen LogP contribution is -2.14. The number of aromatic nitrogens is 2. The summed E-state index contributed by atoms with van der Waals surface area (Å²) in [5.74, 6) is 0.857. The van der Waals surface area contributed by atoms with Crippen molar-refractivity contribution in [3.05, 3.63) is 30.6 Å². The normalized spacial score (nSPS) is 10.4. The van der Waals surface area contributed by atoms with E-state index in [9.17, 15) is 4.79 Å². The SMILES string of the molecule is O=CNCCSc1cccc2nccn12. The molecule has 1 N–H and O–H groups in total. The van der Waals surface area contributed by atoms with Crippen LogP contribution in [0.15, 0.2) is 35.6 Å². The highest BCUT2D eigenvalue weighted by molar-refractivity contribution is 7.99. The van der Waals surface area contributed by atoms with Gasteiger partial charge in [0.1, 0.15) is 5.65 Å². The molecule has 0 fully saturated rings. The number of nitrogens with zero attached hydrogens (tertiary/aromatic N) is 2. The predicted octanol–water partition coefficient (Wildman–Crippen LogP) is 1.17. The lowest BCUT2D eigenvalue weighted by Gasteiger charge is -2.04. The third-order valence-corrected chi connectivity index (χ3v) is 3.01. The summed E-state index contributed by atoms with van der Waals surface area (Å²) in [5, 5.41) is 3.77. The number of nitrogens with one attached hydrogen (secondary N) is 1. The molecular weight excluding hydrogens is 210 g/mol. The number of thioether (sulfide) groups is 1. The maximum Gasteiger partial charge on any atom is 0.207 e. The summed E-state index contributed by atoms with van der Waals surface area (Å²) in [6, 6.07) is 5.99. The highest BCUT2D eigenvalue weighted by Crippen LogP contribution is 2.18. The fraction of sp³-hybridized carbons (Fsp3) is 0.200. The Kier molecular flexibility index (Phi) is 3.24. The lowest BCUT2D eigenvalue weighted by molar-refractivity contribution is -0.109. The molecular formula is C10H11N3OS. The second kappa shape index (κ2) is 4.84. The minimum absolute atomic E-state index is 0.680. The second-order valence-electron chi connectivity index (χ2n) is 2.94. The molecule has 2 aromatic rings. The number of rotatable bonds is 5. The van der Waals surface area contributed by atoms with Crippen LogP contribution in [-0.4, -0.2) is 28.1 Å². The Balaban J connectivity index is 2.07. The monoisotopic (exact) mass is 221 g/mol. The van der Waals surface area contributed by atoms with Crippen LogP contribution in [0.1, 0.15) is 0 Å². The number of carbonyl (C=O) groups is 1. The second-order valence-corrected chi connectivity index (χ2v) is 4.06. The van der Waals surface area contributed by atoms with E-state index in [2.05, 4.69) is 10.3 Å². The maximum atomic E-state index is 10.1. The van der Waals surface area contributed by atoms with E-state index in [1.165, 1.54) is 0 Å². The van der Waals surface area contributed by atoms with Crippen molar-refractivity contribution in [2.45, 2.75) is 5.03 Å². The van der Waals surface area contributed by atoms with Crippen LogP contribution in [0.2, 0.25) is 0 Å². The summed E-state index contributed by atoms with van der Waals surface area (Å²) in [6.45, 7) is 0.680. The average Bonchev–Trinajstić information content (AvgIpc) is 2.73. The third-order valence-electron chi connectivity index (χ3n) is 1.97. The Morgan fingerprint density at radius 2 is 2.47 bits per heavy atom. The zero-order valence-corrected chi connectivity index (χ0v) is 8.91. The molecule has 0 aliphatic heterocycles. The van der Waals surface area contributed by atoms with Gasteiger partial charge in [-0.25, -0.2) is 4.98 Å². The molecule has 78 valence electrons. The highest BCUT2D eigenvalue weighted by Gasteiger charge is 1.99. The molecule has 5 heteroatoms. The van der Waals surface area contributed by atoms with Gasteiger partial charge in [-0.1, -0.05) is 6.07 Å². The Morgan fingerprint density at radius 3 is 3.33 bits per heavy atom. The molecule has 4 nitrogen and oxygen atoms in total. The van der Waals surface area contributed by atoms with Gasteiger partial charge in [-0.15, -0.1) is 11.8 Å². The molecule has 2 heterocycles. The number of hydrogen-bond acceptors (Lipinski definition) is 3. The van der Waals surface area contributed by atoms with Crippen molar-refractivity contribution in [1.29, 1.82) is 0 Å². The minimum Gasteiger partial charge on any atom is -0.358 e. The molecule has 2 rings (SSSR count). The number of amides is 1.